The van der Waals surface area contributed by atoms with Crippen molar-refractivity contribution < 1.29 is 40.8 Å². The van der Waals surface area contributed by atoms with Crippen LogP contribution in [-0.4, -0.2) is 116 Å². The first-order valence-electron chi connectivity index (χ1n) is 23.6. The molecule has 2 N–H and O–H groups in total. The van der Waals surface area contributed by atoms with E-state index in [9.17, 15) is 36.5 Å². The Morgan fingerprint density at radius 2 is 1.83 bits per heavy atom. The number of hydrogen-bond acceptors (Lipinski definition) is 12. The second-order valence-corrected chi connectivity index (χ2v) is 21.1. The van der Waals surface area contributed by atoms with Gasteiger partial charge < -0.3 is 24.7 Å². The molecular formula is C51H60F3N7O7S. The number of aromatic nitrogens is 2. The average molecular weight is 972 g/mol. The summed E-state index contributed by atoms with van der Waals surface area (Å²) in [6, 6.07) is 16.3. The topological polar surface area (TPSA) is 163 Å². The molecule has 3 aromatic carbocycles. The smallest absolute Gasteiger partial charge is 0.416 e. The van der Waals surface area contributed by atoms with Gasteiger partial charge in [0.05, 0.1) is 39.9 Å². The molecule has 1 unspecified atom stereocenters. The summed E-state index contributed by atoms with van der Waals surface area (Å²) in [6.07, 6.45) is 2.98. The van der Waals surface area contributed by atoms with Crippen LogP contribution in [0.2, 0.25) is 0 Å². The molecule has 1 atom stereocenters. The number of allylic oxidation sites excluding steroid dienone is 1. The van der Waals surface area contributed by atoms with Crippen LogP contribution in [0.1, 0.15) is 79.9 Å². The summed E-state index contributed by atoms with van der Waals surface area (Å²) in [5.74, 6) is -1.25. The molecule has 2 saturated heterocycles. The maximum Gasteiger partial charge on any atom is 0.416 e. The number of sulfone groups is 1. The van der Waals surface area contributed by atoms with E-state index in [2.05, 4.69) is 50.8 Å². The Balaban J connectivity index is 0.975. The molecule has 0 spiro atoms. The monoisotopic (exact) mass is 971 g/mol. The van der Waals surface area contributed by atoms with Crippen LogP contribution in [0.15, 0.2) is 89.6 Å². The highest BCUT2D eigenvalue weighted by molar-refractivity contribution is 7.92. The molecule has 14 nitrogen and oxygen atoms in total. The number of benzene rings is 3. The SMILES string of the molecule is CCN1CCOC(CCCNc2ccc(S(=O)(=O)CC(=O)c3ccc(N4CCN(CC5=C(c6ccc(C(F)(F)F)cc6C)CC(C)(C)CC5)CC4)cc3Oc3cnc4[nH]ccc4c3)cc2[N+](=O)[O-])C1. The van der Waals surface area contributed by atoms with E-state index in [1.165, 1.54) is 36.0 Å². The van der Waals surface area contributed by atoms with Gasteiger partial charge in [0.1, 0.15) is 28.6 Å². The van der Waals surface area contributed by atoms with Gasteiger partial charge in [0.15, 0.2) is 15.6 Å². The molecule has 2 fully saturated rings. The van der Waals surface area contributed by atoms with Crippen molar-refractivity contribution in [3.05, 3.63) is 117 Å². The Morgan fingerprint density at radius 1 is 1.03 bits per heavy atom. The molecule has 18 heteroatoms. The summed E-state index contributed by atoms with van der Waals surface area (Å²) in [7, 11) is -4.37. The second-order valence-electron chi connectivity index (χ2n) is 19.2. The van der Waals surface area contributed by atoms with Crippen molar-refractivity contribution in [3.8, 4) is 11.5 Å². The number of hydrogen-bond donors (Lipinski definition) is 2. The summed E-state index contributed by atoms with van der Waals surface area (Å²) in [5.41, 5.74) is 4.40. The van der Waals surface area contributed by atoms with Crippen LogP contribution < -0.4 is 15.0 Å². The molecule has 4 heterocycles. The number of nitro benzene ring substituents is 1. The van der Waals surface area contributed by atoms with Crippen molar-refractivity contribution in [2.45, 2.75) is 77.0 Å². The maximum atomic E-state index is 14.1. The number of carbonyl (C=O) groups is 1. The van der Waals surface area contributed by atoms with Crippen molar-refractivity contribution in [1.82, 2.24) is 19.8 Å². The van der Waals surface area contributed by atoms with Crippen molar-refractivity contribution >= 4 is 49.3 Å². The Kier molecular flexibility index (Phi) is 14.8. The number of ketones is 1. The molecule has 5 aromatic rings. The first kappa shape index (κ1) is 49.6. The van der Waals surface area contributed by atoms with Gasteiger partial charge in [0.25, 0.3) is 5.69 Å². The number of aryl methyl sites for hydroxylation is 1. The number of pyridine rings is 1. The minimum absolute atomic E-state index is 0.0136. The third-order valence-electron chi connectivity index (χ3n) is 13.6. The lowest BCUT2D eigenvalue weighted by Gasteiger charge is -2.39. The Labute approximate surface area is 400 Å². The number of Topliss-reactive ketones (excluding diaryl/α,β-unsaturated/α-hetero) is 1. The van der Waals surface area contributed by atoms with Crippen LogP contribution in [0.5, 0.6) is 11.5 Å². The number of H-pyrrole nitrogens is 1. The van der Waals surface area contributed by atoms with Crippen molar-refractivity contribution in [2.24, 2.45) is 5.41 Å². The van der Waals surface area contributed by atoms with Gasteiger partial charge in [-0.1, -0.05) is 32.4 Å². The van der Waals surface area contributed by atoms with E-state index < -0.39 is 43.7 Å². The fourth-order valence-electron chi connectivity index (χ4n) is 9.66. The van der Waals surface area contributed by atoms with Crippen molar-refractivity contribution in [3.63, 3.8) is 0 Å². The number of alkyl halides is 3. The van der Waals surface area contributed by atoms with Gasteiger partial charge in [0.2, 0.25) is 0 Å². The quantitative estimate of drug-likeness (QED) is 0.0393. The number of halogens is 3. The van der Waals surface area contributed by atoms with Gasteiger partial charge in [-0.2, -0.15) is 13.2 Å². The van der Waals surface area contributed by atoms with Gasteiger partial charge >= 0.3 is 6.18 Å². The van der Waals surface area contributed by atoms with Crippen LogP contribution in [-0.2, 0) is 20.8 Å². The number of ether oxygens (including phenoxy) is 2. The fourth-order valence-corrected chi connectivity index (χ4v) is 10.9. The van der Waals surface area contributed by atoms with Crippen LogP contribution in [0.4, 0.5) is 30.2 Å². The standard InChI is InChI=1S/C51H60F3N7O7S/c1-5-58-23-24-67-39(32-58)7-6-17-55-45-13-10-41(28-46(45)61(63)64)69(65,66)33-47(62)43-12-9-38(27-48(43)68-40-26-35-15-18-56-49(35)57-30-40)60-21-19-59(20-22-60)31-36-14-16-50(3,4)29-44(36)42-11-8-37(25-34(42)2)51(52,53)54/h8-13,15,18,25-28,30,39,55H,5-7,14,16-17,19-24,29,31-33H2,1-4H3,(H,56,57). The predicted molar refractivity (Wildman–Crippen MR) is 261 cm³/mol. The van der Waals surface area contributed by atoms with Crippen LogP contribution in [0.25, 0.3) is 16.6 Å². The van der Waals surface area contributed by atoms with E-state index in [1.807, 2.05) is 6.07 Å². The first-order chi connectivity index (χ1) is 32.9. The molecule has 2 aromatic heterocycles. The number of nitro groups is 1. The minimum Gasteiger partial charge on any atom is -0.455 e. The molecule has 0 radical (unpaired) electrons. The number of likely N-dealkylation sites (N-methyl/N-ethyl adjacent to an activating group) is 1. The molecule has 3 aliphatic rings. The molecule has 368 valence electrons. The number of morpholine rings is 1. The van der Waals surface area contributed by atoms with E-state index >= 15 is 0 Å². The molecule has 0 saturated carbocycles. The van der Waals surface area contributed by atoms with E-state index in [4.69, 9.17) is 9.47 Å². The third-order valence-corrected chi connectivity index (χ3v) is 15.2. The zero-order valence-electron chi connectivity index (χ0n) is 39.5. The van der Waals surface area contributed by atoms with Gasteiger partial charge in [-0.05, 0) is 116 Å². The highest BCUT2D eigenvalue weighted by Gasteiger charge is 2.34. The van der Waals surface area contributed by atoms with E-state index in [0.717, 1.165) is 73.6 Å². The summed E-state index contributed by atoms with van der Waals surface area (Å²) in [5, 5.41) is 16.0. The number of rotatable bonds is 17. The van der Waals surface area contributed by atoms with E-state index in [1.54, 1.807) is 43.5 Å². The molecule has 2 aliphatic heterocycles. The van der Waals surface area contributed by atoms with E-state index in [-0.39, 0.29) is 33.4 Å². The fraction of sp³-hybridized carbons (Fsp3) is 0.451. The largest absolute Gasteiger partial charge is 0.455 e. The summed E-state index contributed by atoms with van der Waals surface area (Å²) in [4.78, 5) is 39.6. The van der Waals surface area contributed by atoms with Gasteiger partial charge in [-0.3, -0.25) is 24.7 Å². The minimum atomic E-state index is -4.41. The number of anilines is 2. The zero-order valence-corrected chi connectivity index (χ0v) is 40.3. The van der Waals surface area contributed by atoms with Crippen molar-refractivity contribution in [2.75, 3.05) is 81.5 Å². The van der Waals surface area contributed by atoms with Crippen molar-refractivity contribution in [1.29, 1.82) is 0 Å². The molecule has 8 rings (SSSR count). The normalized spacial score (nSPS) is 18.4. The Morgan fingerprint density at radius 3 is 2.57 bits per heavy atom. The summed E-state index contributed by atoms with van der Waals surface area (Å²) in [6.45, 7) is 15.4. The zero-order chi connectivity index (χ0) is 49.1. The van der Waals surface area contributed by atoms with Gasteiger partial charge in [-0.25, -0.2) is 13.4 Å². The number of nitrogens with zero attached hydrogens (tertiary/aromatic N) is 5. The third kappa shape index (κ3) is 12.0. The van der Waals surface area contributed by atoms with Crippen LogP contribution in [0, 0.1) is 22.5 Å². The lowest BCUT2D eigenvalue weighted by atomic mass is 9.72. The van der Waals surface area contributed by atoms with Crippen LogP contribution in [0.3, 0.4) is 0 Å². The van der Waals surface area contributed by atoms with E-state index in [0.29, 0.717) is 69.3 Å². The average Bonchev–Trinajstić information content (AvgIpc) is 3.79. The van der Waals surface area contributed by atoms with Gasteiger partial charge in [0, 0.05) is 81.8 Å². The number of fused-ring (bicyclic) bond motifs is 1. The Bertz CT molecular complexity index is 2840. The summed E-state index contributed by atoms with van der Waals surface area (Å²) < 4.78 is 80.7. The molecule has 0 bridgehead atoms. The maximum absolute atomic E-state index is 14.1. The Hall–Kier alpha value is -5.82. The molecule has 1 aliphatic carbocycles. The second kappa shape index (κ2) is 20.6. The number of aromatic amines is 1. The number of piperazine rings is 1. The van der Waals surface area contributed by atoms with Crippen LogP contribution >= 0.6 is 0 Å². The molecule has 69 heavy (non-hydrogen) atoms. The summed E-state index contributed by atoms with van der Waals surface area (Å²) >= 11 is 0. The lowest BCUT2D eigenvalue weighted by molar-refractivity contribution is -0.384. The first-order valence-corrected chi connectivity index (χ1v) is 25.2. The van der Waals surface area contributed by atoms with Gasteiger partial charge in [-0.15, -0.1) is 0 Å². The highest BCUT2D eigenvalue weighted by Crippen LogP contribution is 2.45. The lowest BCUT2D eigenvalue weighted by Crippen LogP contribution is -2.47. The number of carbonyl (C=O) groups excluding carboxylic acids is 1. The highest BCUT2D eigenvalue weighted by atomic mass is 32.2. The number of nitrogens with one attached hydrogen (secondary N) is 2. The predicted octanol–water partition coefficient (Wildman–Crippen LogP) is 9.95. The molecular weight excluding hydrogens is 912 g/mol. The molecule has 0 amide bonds.